The molecule has 0 unspecified atom stereocenters. The molecule has 2 aromatic rings. The van der Waals surface area contributed by atoms with E-state index < -0.39 is 14.9 Å². The number of anilines is 1. The van der Waals surface area contributed by atoms with Crippen LogP contribution in [0, 0.1) is 17.0 Å². The maximum absolute atomic E-state index is 12.4. The first kappa shape index (κ1) is 18.7. The van der Waals surface area contributed by atoms with E-state index in [2.05, 4.69) is 14.6 Å². The Labute approximate surface area is 156 Å². The predicted octanol–water partition coefficient (Wildman–Crippen LogP) is 2.48. The van der Waals surface area contributed by atoms with Crippen molar-refractivity contribution in [3.63, 3.8) is 0 Å². The third-order valence-electron chi connectivity index (χ3n) is 4.28. The van der Waals surface area contributed by atoms with Crippen LogP contribution < -0.4 is 9.62 Å². The molecule has 3 rings (SSSR count). The molecular formula is C16H20N4O4S2. The Morgan fingerprint density at radius 2 is 2.08 bits per heavy atom. The fourth-order valence-corrected chi connectivity index (χ4v) is 4.78. The number of aromatic nitrogens is 1. The van der Waals surface area contributed by atoms with Crippen LogP contribution in [0.4, 0.5) is 10.8 Å². The van der Waals surface area contributed by atoms with E-state index in [1.54, 1.807) is 18.3 Å². The maximum Gasteiger partial charge on any atom is 0.273 e. The summed E-state index contributed by atoms with van der Waals surface area (Å²) in [6.07, 6.45) is 2.83. The molecule has 0 spiro atoms. The van der Waals surface area contributed by atoms with Gasteiger partial charge in [-0.3, -0.25) is 10.1 Å². The number of sulfonamides is 1. The van der Waals surface area contributed by atoms with Crippen molar-refractivity contribution in [2.24, 2.45) is 0 Å². The van der Waals surface area contributed by atoms with E-state index in [9.17, 15) is 18.5 Å². The Balaban J connectivity index is 1.62. The fourth-order valence-electron chi connectivity index (χ4n) is 2.81. The van der Waals surface area contributed by atoms with Crippen molar-refractivity contribution >= 4 is 32.2 Å². The summed E-state index contributed by atoms with van der Waals surface area (Å²) in [6, 6.07) is 3.90. The summed E-state index contributed by atoms with van der Waals surface area (Å²) in [5.41, 5.74) is 1.06. The van der Waals surface area contributed by atoms with Gasteiger partial charge in [0.2, 0.25) is 10.0 Å². The number of nitrogens with one attached hydrogen (secondary N) is 1. The summed E-state index contributed by atoms with van der Waals surface area (Å²) >= 11 is 1.57. The van der Waals surface area contributed by atoms with Crippen molar-refractivity contribution in [3.05, 3.63) is 45.0 Å². The Morgan fingerprint density at radius 3 is 2.77 bits per heavy atom. The second kappa shape index (κ2) is 7.68. The van der Waals surface area contributed by atoms with Gasteiger partial charge in [-0.1, -0.05) is 6.07 Å². The molecule has 1 aliphatic heterocycles. The molecule has 1 aliphatic rings. The fraction of sp³-hybridized carbons (Fsp3) is 0.438. The van der Waals surface area contributed by atoms with Crippen molar-refractivity contribution in [3.8, 4) is 0 Å². The maximum atomic E-state index is 12.4. The zero-order valence-electron chi connectivity index (χ0n) is 14.3. The second-order valence-electron chi connectivity index (χ2n) is 6.17. The highest BCUT2D eigenvalue weighted by Crippen LogP contribution is 2.25. The van der Waals surface area contributed by atoms with Crippen LogP contribution in [-0.2, 0) is 16.4 Å². The van der Waals surface area contributed by atoms with Gasteiger partial charge >= 0.3 is 0 Å². The van der Waals surface area contributed by atoms with Gasteiger partial charge in [0.15, 0.2) is 5.13 Å². The predicted molar refractivity (Wildman–Crippen MR) is 100 cm³/mol. The van der Waals surface area contributed by atoms with Gasteiger partial charge in [-0.15, -0.1) is 11.3 Å². The van der Waals surface area contributed by atoms with Crippen LogP contribution in [0.2, 0.25) is 0 Å². The van der Waals surface area contributed by atoms with Gasteiger partial charge in [0.1, 0.15) is 0 Å². The van der Waals surface area contributed by atoms with Crippen LogP contribution in [-0.4, -0.2) is 38.0 Å². The molecule has 1 aromatic carbocycles. The van der Waals surface area contributed by atoms with E-state index in [1.807, 2.05) is 5.38 Å². The smallest absolute Gasteiger partial charge is 0.273 e. The number of nitro benzene ring substituents is 1. The lowest BCUT2D eigenvalue weighted by molar-refractivity contribution is -0.385. The number of benzene rings is 1. The average molecular weight is 396 g/mol. The first-order valence-electron chi connectivity index (χ1n) is 8.31. The van der Waals surface area contributed by atoms with Crippen molar-refractivity contribution in [1.82, 2.24) is 9.71 Å². The first-order chi connectivity index (χ1) is 12.4. The van der Waals surface area contributed by atoms with Gasteiger partial charge in [0, 0.05) is 43.1 Å². The summed E-state index contributed by atoms with van der Waals surface area (Å²) in [6.45, 7) is 3.80. The number of aryl methyl sites for hydroxylation is 1. The minimum absolute atomic E-state index is 0.106. The van der Waals surface area contributed by atoms with Crippen LogP contribution in [0.5, 0.6) is 0 Å². The summed E-state index contributed by atoms with van der Waals surface area (Å²) < 4.78 is 27.2. The summed E-state index contributed by atoms with van der Waals surface area (Å²) in [4.78, 5) is 17.1. The minimum atomic E-state index is -3.80. The van der Waals surface area contributed by atoms with Crippen molar-refractivity contribution in [1.29, 1.82) is 0 Å². The summed E-state index contributed by atoms with van der Waals surface area (Å²) in [5, 5.41) is 13.9. The van der Waals surface area contributed by atoms with E-state index in [-0.39, 0.29) is 17.1 Å². The van der Waals surface area contributed by atoms with E-state index in [0.717, 1.165) is 30.0 Å². The zero-order chi connectivity index (χ0) is 18.7. The second-order valence-corrected chi connectivity index (χ2v) is 8.77. The largest absolute Gasteiger partial charge is 0.348 e. The Kier molecular flexibility index (Phi) is 5.54. The third kappa shape index (κ3) is 4.19. The van der Waals surface area contributed by atoms with Gasteiger partial charge in [0.05, 0.1) is 15.5 Å². The molecule has 0 amide bonds. The Bertz CT molecular complexity index is 905. The molecule has 0 aliphatic carbocycles. The molecule has 1 N–H and O–H groups in total. The van der Waals surface area contributed by atoms with E-state index in [4.69, 9.17) is 0 Å². The normalized spacial score (nSPS) is 14.7. The minimum Gasteiger partial charge on any atom is -0.348 e. The molecular weight excluding hydrogens is 376 g/mol. The lowest BCUT2D eigenvalue weighted by atomic mass is 10.2. The summed E-state index contributed by atoms with van der Waals surface area (Å²) in [5.74, 6) is 0. The van der Waals surface area contributed by atoms with Gasteiger partial charge in [-0.05, 0) is 25.8 Å². The van der Waals surface area contributed by atoms with Gasteiger partial charge < -0.3 is 4.90 Å². The van der Waals surface area contributed by atoms with Crippen LogP contribution >= 0.6 is 11.3 Å². The highest BCUT2D eigenvalue weighted by Gasteiger charge is 2.20. The van der Waals surface area contributed by atoms with Gasteiger partial charge in [-0.2, -0.15) is 0 Å². The molecule has 2 heterocycles. The highest BCUT2D eigenvalue weighted by atomic mass is 32.2. The Morgan fingerprint density at radius 1 is 1.35 bits per heavy atom. The Hall–Kier alpha value is -2.04. The van der Waals surface area contributed by atoms with Crippen molar-refractivity contribution in [2.45, 2.75) is 31.1 Å². The zero-order valence-corrected chi connectivity index (χ0v) is 16.0. The van der Waals surface area contributed by atoms with Gasteiger partial charge in [0.25, 0.3) is 5.69 Å². The van der Waals surface area contributed by atoms with Gasteiger partial charge in [-0.25, -0.2) is 18.1 Å². The molecule has 0 atom stereocenters. The molecule has 8 nitrogen and oxygen atoms in total. The van der Waals surface area contributed by atoms with Crippen LogP contribution in [0.15, 0.2) is 28.5 Å². The molecule has 140 valence electrons. The number of hydrogen-bond acceptors (Lipinski definition) is 7. The average Bonchev–Trinajstić information content (AvgIpc) is 3.26. The number of hydrogen-bond donors (Lipinski definition) is 1. The lowest BCUT2D eigenvalue weighted by Gasteiger charge is -2.12. The number of nitrogens with zero attached hydrogens (tertiary/aromatic N) is 3. The highest BCUT2D eigenvalue weighted by molar-refractivity contribution is 7.89. The quantitative estimate of drug-likeness (QED) is 0.569. The van der Waals surface area contributed by atoms with Crippen LogP contribution in [0.3, 0.4) is 0 Å². The van der Waals surface area contributed by atoms with E-state index in [1.165, 1.54) is 25.0 Å². The monoisotopic (exact) mass is 396 g/mol. The van der Waals surface area contributed by atoms with Crippen molar-refractivity contribution in [2.75, 3.05) is 24.5 Å². The molecule has 1 fully saturated rings. The third-order valence-corrected chi connectivity index (χ3v) is 6.69. The van der Waals surface area contributed by atoms with Crippen molar-refractivity contribution < 1.29 is 13.3 Å². The molecule has 1 saturated heterocycles. The molecule has 0 radical (unpaired) electrons. The molecule has 26 heavy (non-hydrogen) atoms. The number of thiazole rings is 1. The van der Waals surface area contributed by atoms with Crippen LogP contribution in [0.25, 0.3) is 0 Å². The molecule has 1 aromatic heterocycles. The molecule has 10 heteroatoms. The lowest BCUT2D eigenvalue weighted by Crippen LogP contribution is -2.26. The van der Waals surface area contributed by atoms with E-state index >= 15 is 0 Å². The molecule has 0 bridgehead atoms. The topological polar surface area (TPSA) is 105 Å². The first-order valence-corrected chi connectivity index (χ1v) is 10.7. The number of nitro groups is 1. The van der Waals surface area contributed by atoms with Crippen LogP contribution in [0.1, 0.15) is 24.1 Å². The molecule has 0 saturated carbocycles. The summed E-state index contributed by atoms with van der Waals surface area (Å²) in [7, 11) is -3.80. The standard InChI is InChI=1S/C16H20N4O4S2/c1-12-4-5-14(10-15(12)20(21)22)26(23,24)17-7-6-13-11-25-16(18-13)19-8-2-3-9-19/h4-5,10-11,17H,2-3,6-9H2,1H3. The number of rotatable bonds is 7. The van der Waals surface area contributed by atoms with E-state index in [0.29, 0.717) is 12.0 Å². The SMILES string of the molecule is Cc1ccc(S(=O)(=O)NCCc2csc(N3CCCC3)n2)cc1[N+](=O)[O-].